The van der Waals surface area contributed by atoms with Crippen molar-refractivity contribution < 1.29 is 19.3 Å². The number of imidazole rings is 1. The van der Waals surface area contributed by atoms with E-state index in [4.69, 9.17) is 25.8 Å². The van der Waals surface area contributed by atoms with Gasteiger partial charge in [0.05, 0.1) is 12.9 Å². The molecule has 11 heteroatoms. The molecule has 3 aromatic rings. The smallest absolute Gasteiger partial charge is 0.226 e. The van der Waals surface area contributed by atoms with Gasteiger partial charge in [0.1, 0.15) is 18.3 Å². The summed E-state index contributed by atoms with van der Waals surface area (Å²) in [5.74, 6) is -0.238. The van der Waals surface area contributed by atoms with Gasteiger partial charge in [-0.1, -0.05) is 12.1 Å². The van der Waals surface area contributed by atoms with Gasteiger partial charge in [-0.15, -0.1) is 0 Å². The molecule has 2 aromatic heterocycles. The number of aromatic nitrogens is 4. The van der Waals surface area contributed by atoms with Gasteiger partial charge < -0.3 is 24.6 Å². The van der Waals surface area contributed by atoms with Gasteiger partial charge in [-0.05, 0) is 65.7 Å². The minimum atomic E-state index is -0.770. The maximum Gasteiger partial charge on any atom is 0.226 e. The standard InChI is InChI=1S/C20H21ClIN5O4/c1-20(2)30-14-12(8-28)29-18(15(14)31-20)27-9-24-13-16(25-19(21)26-17(13)27)23-7-10-4-3-5-11(22)6-10/h3-6,9,12,14-15,18,28H,7-8H2,1-2H3,(H,23,25,26). The van der Waals surface area contributed by atoms with Crippen molar-refractivity contribution in [2.45, 2.75) is 50.7 Å². The van der Waals surface area contributed by atoms with Crippen LogP contribution in [0.15, 0.2) is 30.6 Å². The number of ether oxygens (including phenoxy) is 3. The van der Waals surface area contributed by atoms with E-state index in [9.17, 15) is 5.11 Å². The average molecular weight is 558 g/mol. The Morgan fingerprint density at radius 1 is 1.26 bits per heavy atom. The maximum atomic E-state index is 9.76. The van der Waals surface area contributed by atoms with Crippen LogP contribution in [0.4, 0.5) is 5.82 Å². The molecule has 4 unspecified atom stereocenters. The van der Waals surface area contributed by atoms with E-state index in [-0.39, 0.29) is 11.9 Å². The number of anilines is 1. The Morgan fingerprint density at radius 2 is 2.06 bits per heavy atom. The number of aliphatic hydroxyl groups excluding tert-OH is 1. The molecular formula is C20H21ClIN5O4. The van der Waals surface area contributed by atoms with Crippen LogP contribution in [-0.4, -0.2) is 55.3 Å². The summed E-state index contributed by atoms with van der Waals surface area (Å²) in [7, 11) is 0. The molecule has 2 saturated heterocycles. The molecule has 9 nitrogen and oxygen atoms in total. The molecule has 0 saturated carbocycles. The second-order valence-electron chi connectivity index (χ2n) is 7.96. The molecule has 2 fully saturated rings. The van der Waals surface area contributed by atoms with Crippen LogP contribution < -0.4 is 5.32 Å². The second-order valence-corrected chi connectivity index (χ2v) is 9.54. The predicted octanol–water partition coefficient (Wildman–Crippen LogP) is 3.11. The van der Waals surface area contributed by atoms with Crippen LogP contribution >= 0.6 is 34.2 Å². The lowest BCUT2D eigenvalue weighted by Gasteiger charge is -2.24. The van der Waals surface area contributed by atoms with Crippen molar-refractivity contribution in [2.75, 3.05) is 11.9 Å². The maximum absolute atomic E-state index is 9.76. The van der Waals surface area contributed by atoms with Crippen molar-refractivity contribution in [1.82, 2.24) is 19.5 Å². The average Bonchev–Trinajstić information content (AvgIpc) is 3.36. The first-order chi connectivity index (χ1) is 14.8. The van der Waals surface area contributed by atoms with Crippen molar-refractivity contribution in [3.05, 3.63) is 45.0 Å². The fraction of sp³-hybridized carbons (Fsp3) is 0.450. The Bertz CT molecular complexity index is 1130. The summed E-state index contributed by atoms with van der Waals surface area (Å²) >= 11 is 8.52. The summed E-state index contributed by atoms with van der Waals surface area (Å²) in [6.07, 6.45) is -0.255. The van der Waals surface area contributed by atoms with Crippen molar-refractivity contribution in [3.8, 4) is 0 Å². The Labute approximate surface area is 197 Å². The minimum absolute atomic E-state index is 0.0940. The first kappa shape index (κ1) is 21.3. The van der Waals surface area contributed by atoms with E-state index in [1.54, 1.807) is 10.9 Å². The van der Waals surface area contributed by atoms with Gasteiger partial charge in [-0.3, -0.25) is 4.57 Å². The predicted molar refractivity (Wildman–Crippen MR) is 122 cm³/mol. The van der Waals surface area contributed by atoms with E-state index < -0.39 is 30.3 Å². The van der Waals surface area contributed by atoms with Crippen molar-refractivity contribution in [1.29, 1.82) is 0 Å². The van der Waals surface area contributed by atoms with Gasteiger partial charge >= 0.3 is 0 Å². The number of fused-ring (bicyclic) bond motifs is 2. The molecule has 1 aromatic carbocycles. The Balaban J connectivity index is 1.47. The number of hydrogen-bond donors (Lipinski definition) is 2. The fourth-order valence-electron chi connectivity index (χ4n) is 4.06. The largest absolute Gasteiger partial charge is 0.394 e. The molecule has 0 spiro atoms. The molecule has 2 N–H and O–H groups in total. The molecule has 5 rings (SSSR count). The van der Waals surface area contributed by atoms with Gasteiger partial charge in [0, 0.05) is 10.1 Å². The number of nitrogens with zero attached hydrogens (tertiary/aromatic N) is 4. The normalized spacial score (nSPS) is 27.0. The molecular weight excluding hydrogens is 537 g/mol. The van der Waals surface area contributed by atoms with Gasteiger partial charge in [0.15, 0.2) is 29.0 Å². The molecule has 0 aliphatic carbocycles. The minimum Gasteiger partial charge on any atom is -0.394 e. The molecule has 2 aliphatic rings. The van der Waals surface area contributed by atoms with Crippen molar-refractivity contribution >= 4 is 51.2 Å². The first-order valence-electron chi connectivity index (χ1n) is 9.85. The van der Waals surface area contributed by atoms with Crippen LogP contribution in [0.2, 0.25) is 5.28 Å². The molecule has 0 radical (unpaired) electrons. The summed E-state index contributed by atoms with van der Waals surface area (Å²) in [4.78, 5) is 13.2. The zero-order chi connectivity index (χ0) is 21.8. The van der Waals surface area contributed by atoms with E-state index in [2.05, 4.69) is 48.9 Å². The number of hydrogen-bond acceptors (Lipinski definition) is 8. The van der Waals surface area contributed by atoms with E-state index in [0.29, 0.717) is 23.5 Å². The van der Waals surface area contributed by atoms with Gasteiger partial charge in [0.25, 0.3) is 0 Å². The third kappa shape index (κ3) is 4.00. The molecule has 164 valence electrons. The summed E-state index contributed by atoms with van der Waals surface area (Å²) in [6.45, 7) is 4.07. The zero-order valence-corrected chi connectivity index (χ0v) is 19.7. The van der Waals surface area contributed by atoms with Crippen LogP contribution in [-0.2, 0) is 20.8 Å². The highest BCUT2D eigenvalue weighted by atomic mass is 127. The summed E-state index contributed by atoms with van der Waals surface area (Å²) in [5, 5.41) is 13.2. The highest BCUT2D eigenvalue weighted by molar-refractivity contribution is 14.1. The SMILES string of the molecule is CC1(C)OC2C(CO)OC(n3cnc4c(NCc5cccc(I)c5)nc(Cl)nc43)C2O1. The fourth-order valence-corrected chi connectivity index (χ4v) is 4.83. The Kier molecular flexibility index (Phi) is 5.55. The van der Waals surface area contributed by atoms with Gasteiger partial charge in [-0.2, -0.15) is 9.97 Å². The highest BCUT2D eigenvalue weighted by Crippen LogP contribution is 2.43. The summed E-state index contributed by atoms with van der Waals surface area (Å²) in [6, 6.07) is 8.17. The molecule has 31 heavy (non-hydrogen) atoms. The molecule has 4 atom stereocenters. The lowest BCUT2D eigenvalue weighted by atomic mass is 10.1. The number of aliphatic hydroxyl groups is 1. The topological polar surface area (TPSA) is 104 Å². The van der Waals surface area contributed by atoms with E-state index in [1.807, 2.05) is 32.0 Å². The summed E-state index contributed by atoms with van der Waals surface area (Å²) in [5.41, 5.74) is 2.20. The quantitative estimate of drug-likeness (QED) is 0.364. The Hall–Kier alpha value is -1.57. The first-order valence-corrected chi connectivity index (χ1v) is 11.3. The third-order valence-corrected chi connectivity index (χ3v) is 6.16. The van der Waals surface area contributed by atoms with Crippen LogP contribution in [0, 0.1) is 3.57 Å². The molecule has 4 heterocycles. The Morgan fingerprint density at radius 3 is 2.84 bits per heavy atom. The molecule has 0 bridgehead atoms. The van der Waals surface area contributed by atoms with E-state index >= 15 is 0 Å². The van der Waals surface area contributed by atoms with Crippen molar-refractivity contribution in [2.24, 2.45) is 0 Å². The number of nitrogens with one attached hydrogen (secondary N) is 1. The zero-order valence-electron chi connectivity index (χ0n) is 16.8. The molecule has 2 aliphatic heterocycles. The number of benzene rings is 1. The second kappa shape index (κ2) is 8.09. The number of halogens is 2. The van der Waals surface area contributed by atoms with Gasteiger partial charge in [-0.25, -0.2) is 4.98 Å². The van der Waals surface area contributed by atoms with Crippen LogP contribution in [0.25, 0.3) is 11.2 Å². The third-order valence-electron chi connectivity index (χ3n) is 5.32. The lowest BCUT2D eigenvalue weighted by Crippen LogP contribution is -2.31. The molecule has 0 amide bonds. The van der Waals surface area contributed by atoms with Crippen LogP contribution in [0.5, 0.6) is 0 Å². The highest BCUT2D eigenvalue weighted by Gasteiger charge is 2.56. The van der Waals surface area contributed by atoms with Crippen molar-refractivity contribution in [3.63, 3.8) is 0 Å². The van der Waals surface area contributed by atoms with Crippen LogP contribution in [0.3, 0.4) is 0 Å². The number of rotatable bonds is 5. The van der Waals surface area contributed by atoms with Gasteiger partial charge in [0.2, 0.25) is 5.28 Å². The summed E-state index contributed by atoms with van der Waals surface area (Å²) < 4.78 is 21.0. The van der Waals surface area contributed by atoms with E-state index in [0.717, 1.165) is 9.13 Å². The monoisotopic (exact) mass is 557 g/mol. The van der Waals surface area contributed by atoms with E-state index in [1.165, 1.54) is 0 Å². The lowest BCUT2D eigenvalue weighted by molar-refractivity contribution is -0.199. The van der Waals surface area contributed by atoms with Crippen LogP contribution in [0.1, 0.15) is 25.6 Å².